The lowest BCUT2D eigenvalue weighted by Gasteiger charge is -2.35. The summed E-state index contributed by atoms with van der Waals surface area (Å²) in [6, 6.07) is 5.37. The number of nitrogens with zero attached hydrogens (tertiary/aromatic N) is 1. The van der Waals surface area contributed by atoms with Crippen molar-refractivity contribution in [3.63, 3.8) is 0 Å². The van der Waals surface area contributed by atoms with Gasteiger partial charge < -0.3 is 9.64 Å². The number of hydrogen-bond acceptors (Lipinski definition) is 4. The lowest BCUT2D eigenvalue weighted by molar-refractivity contribution is -0.0392. The molecule has 2 atom stereocenters. The Balaban J connectivity index is 2.24. The van der Waals surface area contributed by atoms with Gasteiger partial charge in [-0.2, -0.15) is 0 Å². The number of benzene rings is 1. The number of halogens is 2. The Morgan fingerprint density at radius 3 is 2.94 bits per heavy atom. The van der Waals surface area contributed by atoms with Gasteiger partial charge in [0.1, 0.15) is 0 Å². The van der Waals surface area contributed by atoms with E-state index in [1.54, 1.807) is 6.07 Å². The lowest BCUT2D eigenvalue weighted by Crippen LogP contribution is -2.48. The van der Waals surface area contributed by atoms with Crippen molar-refractivity contribution in [2.24, 2.45) is 5.84 Å². The van der Waals surface area contributed by atoms with E-state index in [1.807, 2.05) is 12.1 Å². The number of rotatable bonds is 3. The van der Waals surface area contributed by atoms with Gasteiger partial charge in [0, 0.05) is 13.1 Å². The summed E-state index contributed by atoms with van der Waals surface area (Å²) in [5.74, 6) is 5.65. The highest BCUT2D eigenvalue weighted by atomic mass is 35.5. The zero-order valence-electron chi connectivity index (χ0n) is 10.2. The van der Waals surface area contributed by atoms with Crippen LogP contribution in [-0.4, -0.2) is 37.7 Å². The Labute approximate surface area is 117 Å². The van der Waals surface area contributed by atoms with Gasteiger partial charge in [-0.25, -0.2) is 0 Å². The van der Waals surface area contributed by atoms with Crippen LogP contribution in [-0.2, 0) is 4.74 Å². The molecule has 1 aromatic carbocycles. The fourth-order valence-electron chi connectivity index (χ4n) is 2.17. The molecule has 4 nitrogen and oxygen atoms in total. The molecule has 2 unspecified atom stereocenters. The summed E-state index contributed by atoms with van der Waals surface area (Å²) in [5, 5.41) is 1.05. The molecule has 1 fully saturated rings. The highest BCUT2D eigenvalue weighted by Gasteiger charge is 2.29. The van der Waals surface area contributed by atoms with Crippen molar-refractivity contribution in [1.82, 2.24) is 10.3 Å². The van der Waals surface area contributed by atoms with Crippen LogP contribution in [0.2, 0.25) is 10.0 Å². The van der Waals surface area contributed by atoms with E-state index in [0.29, 0.717) is 16.7 Å². The third kappa shape index (κ3) is 2.96. The van der Waals surface area contributed by atoms with Crippen molar-refractivity contribution in [3.05, 3.63) is 33.8 Å². The zero-order chi connectivity index (χ0) is 13.1. The first kappa shape index (κ1) is 14.1. The molecule has 0 amide bonds. The number of morpholine rings is 1. The van der Waals surface area contributed by atoms with Gasteiger partial charge in [0.15, 0.2) is 0 Å². The summed E-state index contributed by atoms with van der Waals surface area (Å²) < 4.78 is 5.76. The first-order chi connectivity index (χ1) is 8.63. The minimum atomic E-state index is -0.168. The minimum Gasteiger partial charge on any atom is -0.374 e. The second kappa shape index (κ2) is 6.19. The van der Waals surface area contributed by atoms with Gasteiger partial charge in [0.2, 0.25) is 0 Å². The highest BCUT2D eigenvalue weighted by molar-refractivity contribution is 6.42. The largest absolute Gasteiger partial charge is 0.374 e. The van der Waals surface area contributed by atoms with Crippen LogP contribution in [0.5, 0.6) is 0 Å². The van der Waals surface area contributed by atoms with Crippen LogP contribution >= 0.6 is 23.2 Å². The fraction of sp³-hybridized carbons (Fsp3) is 0.500. The van der Waals surface area contributed by atoms with E-state index in [1.165, 1.54) is 0 Å². The molecule has 0 aromatic heterocycles. The quantitative estimate of drug-likeness (QED) is 0.658. The van der Waals surface area contributed by atoms with Crippen molar-refractivity contribution >= 4 is 23.2 Å². The Morgan fingerprint density at radius 2 is 2.28 bits per heavy atom. The van der Waals surface area contributed by atoms with Gasteiger partial charge in [0.25, 0.3) is 0 Å². The van der Waals surface area contributed by atoms with Crippen LogP contribution in [0.15, 0.2) is 18.2 Å². The topological polar surface area (TPSA) is 50.5 Å². The third-order valence-corrected chi connectivity index (χ3v) is 4.00. The molecule has 1 aromatic rings. The maximum atomic E-state index is 6.23. The summed E-state index contributed by atoms with van der Waals surface area (Å²) in [7, 11) is 2.06. The van der Waals surface area contributed by atoms with E-state index < -0.39 is 0 Å². The molecule has 18 heavy (non-hydrogen) atoms. The lowest BCUT2D eigenvalue weighted by atomic mass is 10.0. The first-order valence-corrected chi connectivity index (χ1v) is 6.59. The van der Waals surface area contributed by atoms with E-state index in [0.717, 1.165) is 18.7 Å². The molecule has 2 rings (SSSR count). The highest BCUT2D eigenvalue weighted by Crippen LogP contribution is 2.32. The van der Waals surface area contributed by atoms with Crippen LogP contribution in [0.4, 0.5) is 0 Å². The molecular formula is C12H17Cl2N3O. The number of ether oxygens (including phenoxy) is 1. The Hall–Kier alpha value is -0.360. The van der Waals surface area contributed by atoms with E-state index in [4.69, 9.17) is 33.8 Å². The molecule has 0 radical (unpaired) electrons. The fourth-order valence-corrected chi connectivity index (χ4v) is 2.60. The summed E-state index contributed by atoms with van der Waals surface area (Å²) in [4.78, 5) is 2.21. The maximum absolute atomic E-state index is 6.23. The standard InChI is InChI=1S/C12H17Cl2N3O/c1-17-5-6-18-10(7-17)12(16-15)8-3-2-4-9(13)11(8)14/h2-4,10,12,16H,5-7,15H2,1H3. The number of hydrazine groups is 1. The van der Waals surface area contributed by atoms with Gasteiger partial charge in [-0.1, -0.05) is 35.3 Å². The monoisotopic (exact) mass is 289 g/mol. The molecule has 0 spiro atoms. The number of nitrogens with two attached hydrogens (primary N) is 1. The molecule has 3 N–H and O–H groups in total. The van der Waals surface area contributed by atoms with E-state index >= 15 is 0 Å². The average Bonchev–Trinajstić information content (AvgIpc) is 2.35. The predicted octanol–water partition coefficient (Wildman–Crippen LogP) is 1.83. The summed E-state index contributed by atoms with van der Waals surface area (Å²) in [6.45, 7) is 2.42. The molecular weight excluding hydrogens is 273 g/mol. The molecule has 0 saturated carbocycles. The van der Waals surface area contributed by atoms with Crippen molar-refractivity contribution < 1.29 is 4.74 Å². The maximum Gasteiger partial charge on any atom is 0.0910 e. The number of nitrogens with one attached hydrogen (secondary N) is 1. The molecule has 0 bridgehead atoms. The van der Waals surface area contributed by atoms with Crippen LogP contribution < -0.4 is 11.3 Å². The zero-order valence-corrected chi connectivity index (χ0v) is 11.7. The van der Waals surface area contributed by atoms with E-state index in [2.05, 4.69) is 17.4 Å². The van der Waals surface area contributed by atoms with Crippen LogP contribution in [0.1, 0.15) is 11.6 Å². The van der Waals surface area contributed by atoms with Gasteiger partial charge in [-0.05, 0) is 18.7 Å². The average molecular weight is 290 g/mol. The summed E-state index contributed by atoms with van der Waals surface area (Å²) in [6.07, 6.45) is -0.0373. The second-order valence-electron chi connectivity index (χ2n) is 4.46. The number of likely N-dealkylation sites (N-methyl/N-ethyl adjacent to an activating group) is 1. The van der Waals surface area contributed by atoms with Gasteiger partial charge in [0.05, 0.1) is 28.8 Å². The van der Waals surface area contributed by atoms with Crippen molar-refractivity contribution in [1.29, 1.82) is 0 Å². The molecule has 1 aliphatic heterocycles. The van der Waals surface area contributed by atoms with E-state index in [-0.39, 0.29) is 12.1 Å². The third-order valence-electron chi connectivity index (χ3n) is 3.16. The molecule has 1 saturated heterocycles. The van der Waals surface area contributed by atoms with Gasteiger partial charge in [-0.3, -0.25) is 11.3 Å². The molecule has 0 aliphatic carbocycles. The number of hydrogen-bond donors (Lipinski definition) is 2. The Kier molecular flexibility index (Phi) is 4.84. The van der Waals surface area contributed by atoms with Crippen LogP contribution in [0.3, 0.4) is 0 Å². The summed E-state index contributed by atoms with van der Waals surface area (Å²) >= 11 is 12.3. The Bertz CT molecular complexity index is 416. The smallest absolute Gasteiger partial charge is 0.0910 e. The normalized spacial score (nSPS) is 23.0. The second-order valence-corrected chi connectivity index (χ2v) is 5.24. The summed E-state index contributed by atoms with van der Waals surface area (Å²) in [5.41, 5.74) is 3.65. The van der Waals surface area contributed by atoms with Crippen LogP contribution in [0, 0.1) is 0 Å². The SMILES string of the molecule is CN1CCOC(C(NN)c2cccc(Cl)c2Cl)C1. The van der Waals surface area contributed by atoms with E-state index in [9.17, 15) is 0 Å². The van der Waals surface area contributed by atoms with Gasteiger partial charge >= 0.3 is 0 Å². The van der Waals surface area contributed by atoms with Crippen molar-refractivity contribution in [3.8, 4) is 0 Å². The molecule has 1 aliphatic rings. The minimum absolute atomic E-state index is 0.0373. The van der Waals surface area contributed by atoms with Crippen LogP contribution in [0.25, 0.3) is 0 Å². The van der Waals surface area contributed by atoms with Crippen molar-refractivity contribution in [2.75, 3.05) is 26.7 Å². The first-order valence-electron chi connectivity index (χ1n) is 5.83. The molecule has 6 heteroatoms. The molecule has 1 heterocycles. The van der Waals surface area contributed by atoms with Crippen molar-refractivity contribution in [2.45, 2.75) is 12.1 Å². The Morgan fingerprint density at radius 1 is 1.50 bits per heavy atom. The predicted molar refractivity (Wildman–Crippen MR) is 73.8 cm³/mol. The molecule has 100 valence electrons. The van der Waals surface area contributed by atoms with Gasteiger partial charge in [-0.15, -0.1) is 0 Å².